The Balaban J connectivity index is 1.69. The second kappa shape index (κ2) is 9.63. The van der Waals surface area contributed by atoms with Crippen LogP contribution in [0, 0.1) is 0 Å². The molecule has 0 radical (unpaired) electrons. The van der Waals surface area contributed by atoms with Gasteiger partial charge in [-0.05, 0) is 54.5 Å². The third kappa shape index (κ3) is 4.93. The molecule has 2 aliphatic carbocycles. The molecule has 3 aliphatic rings. The van der Waals surface area contributed by atoms with Crippen molar-refractivity contribution in [3.63, 3.8) is 0 Å². The van der Waals surface area contributed by atoms with Gasteiger partial charge in [0.25, 0.3) is 5.91 Å². The van der Waals surface area contributed by atoms with Gasteiger partial charge in [0.05, 0.1) is 5.69 Å². The minimum absolute atomic E-state index is 0.0519. The first-order chi connectivity index (χ1) is 14.2. The number of pyridine rings is 1. The molecule has 0 fully saturated rings. The summed E-state index contributed by atoms with van der Waals surface area (Å²) in [4.78, 5) is 20.1. The van der Waals surface area contributed by atoms with E-state index in [-0.39, 0.29) is 5.91 Å². The Kier molecular flexibility index (Phi) is 6.72. The number of fused-ring (bicyclic) bond motifs is 1. The Bertz CT molecular complexity index is 933. The van der Waals surface area contributed by atoms with Crippen LogP contribution in [0.3, 0.4) is 0 Å². The molecule has 1 atom stereocenters. The predicted octanol–water partition coefficient (Wildman–Crippen LogP) is 5.69. The first-order valence-corrected chi connectivity index (χ1v) is 11.7. The Morgan fingerprint density at radius 3 is 3.17 bits per heavy atom. The van der Waals surface area contributed by atoms with E-state index in [1.165, 1.54) is 0 Å². The fourth-order valence-electron chi connectivity index (χ4n) is 3.47. The highest BCUT2D eigenvalue weighted by molar-refractivity contribution is 9.11. The van der Waals surface area contributed by atoms with Gasteiger partial charge in [0, 0.05) is 24.1 Å². The topological polar surface area (TPSA) is 42.4 Å². The normalized spacial score (nSPS) is 19.9. The highest BCUT2D eigenvalue weighted by atomic mass is 79.9. The van der Waals surface area contributed by atoms with E-state index in [1.807, 2.05) is 41.3 Å². The van der Waals surface area contributed by atoms with Crippen LogP contribution in [0.5, 0.6) is 0 Å². The van der Waals surface area contributed by atoms with Crippen LogP contribution in [0.2, 0.25) is 0 Å². The van der Waals surface area contributed by atoms with Gasteiger partial charge in [-0.1, -0.05) is 46.3 Å². The quantitative estimate of drug-likeness (QED) is 0.566. The van der Waals surface area contributed by atoms with Crippen molar-refractivity contribution >= 4 is 39.3 Å². The fraction of sp³-hybridized carbons (Fsp3) is 0.304. The summed E-state index contributed by atoms with van der Waals surface area (Å²) >= 11 is 5.27. The van der Waals surface area contributed by atoms with Gasteiger partial charge < -0.3 is 9.64 Å². The van der Waals surface area contributed by atoms with Gasteiger partial charge in [-0.15, -0.1) is 11.8 Å². The standard InChI is InChI=1S/C23H23BrN2O2S/c24-18-10-5-11-19(16-18)28-21(17-8-3-1-2-4-9-17)23(27)26-14-7-15-29-22-20(26)12-6-13-25-22/h1,3-4,6,8-9,11-13,16,21H,2,5,7,10,14-15H2. The van der Waals surface area contributed by atoms with Gasteiger partial charge in [0.1, 0.15) is 10.8 Å². The number of ether oxygens (including phenoxy) is 1. The molecular weight excluding hydrogens is 448 g/mol. The Labute approximate surface area is 184 Å². The zero-order chi connectivity index (χ0) is 20.1. The van der Waals surface area contributed by atoms with Crippen LogP contribution in [-0.2, 0) is 9.53 Å². The van der Waals surface area contributed by atoms with E-state index >= 15 is 0 Å². The molecule has 0 N–H and O–H groups in total. The van der Waals surface area contributed by atoms with Crippen molar-refractivity contribution in [2.75, 3.05) is 17.2 Å². The number of aromatic nitrogens is 1. The van der Waals surface area contributed by atoms with E-state index in [4.69, 9.17) is 4.74 Å². The number of carbonyl (C=O) groups excluding carboxylic acids is 1. The van der Waals surface area contributed by atoms with E-state index in [2.05, 4.69) is 39.1 Å². The molecule has 4 nitrogen and oxygen atoms in total. The number of halogens is 1. The number of hydrogen-bond acceptors (Lipinski definition) is 4. The van der Waals surface area contributed by atoms with Crippen LogP contribution < -0.4 is 4.90 Å². The number of thioether (sulfide) groups is 1. The third-order valence-electron chi connectivity index (χ3n) is 4.89. The van der Waals surface area contributed by atoms with E-state index < -0.39 is 6.10 Å². The summed E-state index contributed by atoms with van der Waals surface area (Å²) in [5.41, 5.74) is 1.73. The van der Waals surface area contributed by atoms with Crippen LogP contribution in [0.15, 0.2) is 81.7 Å². The lowest BCUT2D eigenvalue weighted by Gasteiger charge is -2.28. The molecule has 0 spiro atoms. The summed E-state index contributed by atoms with van der Waals surface area (Å²) in [6, 6.07) is 3.86. The molecule has 4 rings (SSSR count). The molecular formula is C23H23BrN2O2S. The summed E-state index contributed by atoms with van der Waals surface area (Å²) in [5, 5.41) is 0.905. The summed E-state index contributed by atoms with van der Waals surface area (Å²) < 4.78 is 7.40. The largest absolute Gasteiger partial charge is 0.476 e. The van der Waals surface area contributed by atoms with Crippen LogP contribution in [0.4, 0.5) is 5.69 Å². The number of nitrogens with zero attached hydrogens (tertiary/aromatic N) is 2. The van der Waals surface area contributed by atoms with Gasteiger partial charge in [-0.3, -0.25) is 4.79 Å². The van der Waals surface area contributed by atoms with Crippen molar-refractivity contribution in [3.8, 4) is 0 Å². The van der Waals surface area contributed by atoms with Crippen LogP contribution in [0.25, 0.3) is 0 Å². The summed E-state index contributed by atoms with van der Waals surface area (Å²) in [6.07, 6.45) is 18.8. The van der Waals surface area contributed by atoms with Gasteiger partial charge in [-0.2, -0.15) is 0 Å². The molecule has 1 unspecified atom stereocenters. The molecule has 0 aromatic carbocycles. The number of anilines is 1. The van der Waals surface area contributed by atoms with Crippen molar-refractivity contribution in [3.05, 3.63) is 76.7 Å². The first kappa shape index (κ1) is 20.2. The summed E-state index contributed by atoms with van der Waals surface area (Å²) in [7, 11) is 0. The fourth-order valence-corrected chi connectivity index (χ4v) is 4.85. The highest BCUT2D eigenvalue weighted by Crippen LogP contribution is 2.34. The average Bonchev–Trinajstić information content (AvgIpc) is 3.13. The van der Waals surface area contributed by atoms with E-state index in [0.717, 1.165) is 58.0 Å². The van der Waals surface area contributed by atoms with Crippen molar-refractivity contribution in [1.82, 2.24) is 4.98 Å². The maximum Gasteiger partial charge on any atom is 0.272 e. The molecule has 1 aliphatic heterocycles. The molecule has 1 aromatic rings. The summed E-state index contributed by atoms with van der Waals surface area (Å²) in [5.74, 6) is 1.63. The number of allylic oxidation sites excluding steroid dienone is 7. The number of hydrogen-bond donors (Lipinski definition) is 0. The lowest BCUT2D eigenvalue weighted by atomic mass is 10.1. The maximum absolute atomic E-state index is 13.8. The Hall–Kier alpha value is -2.05. The molecule has 0 saturated heterocycles. The monoisotopic (exact) mass is 470 g/mol. The lowest BCUT2D eigenvalue weighted by molar-refractivity contribution is -0.125. The smallest absolute Gasteiger partial charge is 0.272 e. The van der Waals surface area contributed by atoms with E-state index in [0.29, 0.717) is 6.54 Å². The number of rotatable bonds is 4. The minimum atomic E-state index is -0.703. The van der Waals surface area contributed by atoms with Gasteiger partial charge in [0.2, 0.25) is 6.10 Å². The molecule has 6 heteroatoms. The molecule has 0 bridgehead atoms. The van der Waals surface area contributed by atoms with Crippen LogP contribution >= 0.6 is 27.7 Å². The summed E-state index contributed by atoms with van der Waals surface area (Å²) in [6.45, 7) is 0.663. The SMILES string of the molecule is O=C(C(OC1=CCCC(Br)=C1)C1=CC=CCC=C1)N1CCCSc2ncccc21. The highest BCUT2D eigenvalue weighted by Gasteiger charge is 2.32. The molecule has 2 heterocycles. The first-order valence-electron chi connectivity index (χ1n) is 9.88. The van der Waals surface area contributed by atoms with Crippen LogP contribution in [0.1, 0.15) is 25.7 Å². The van der Waals surface area contributed by atoms with Gasteiger partial charge >= 0.3 is 0 Å². The molecule has 0 saturated carbocycles. The van der Waals surface area contributed by atoms with E-state index in [1.54, 1.807) is 18.0 Å². The second-order valence-electron chi connectivity index (χ2n) is 6.99. The minimum Gasteiger partial charge on any atom is -0.476 e. The molecule has 1 aromatic heterocycles. The van der Waals surface area contributed by atoms with Crippen LogP contribution in [-0.4, -0.2) is 29.3 Å². The van der Waals surface area contributed by atoms with Crippen molar-refractivity contribution in [2.45, 2.75) is 36.8 Å². The zero-order valence-electron chi connectivity index (χ0n) is 16.1. The maximum atomic E-state index is 13.8. The lowest BCUT2D eigenvalue weighted by Crippen LogP contribution is -2.42. The van der Waals surface area contributed by atoms with Gasteiger partial charge in [-0.25, -0.2) is 4.98 Å². The van der Waals surface area contributed by atoms with Crippen molar-refractivity contribution < 1.29 is 9.53 Å². The predicted molar refractivity (Wildman–Crippen MR) is 122 cm³/mol. The zero-order valence-corrected chi connectivity index (χ0v) is 18.5. The molecule has 1 amide bonds. The Morgan fingerprint density at radius 2 is 2.28 bits per heavy atom. The number of amides is 1. The van der Waals surface area contributed by atoms with Crippen molar-refractivity contribution in [1.29, 1.82) is 0 Å². The second-order valence-corrected chi connectivity index (χ2v) is 9.09. The average molecular weight is 471 g/mol. The number of carbonyl (C=O) groups is 1. The van der Waals surface area contributed by atoms with Crippen molar-refractivity contribution in [2.24, 2.45) is 0 Å². The molecule has 29 heavy (non-hydrogen) atoms. The Morgan fingerprint density at radius 1 is 1.34 bits per heavy atom. The van der Waals surface area contributed by atoms with Gasteiger partial charge in [0.15, 0.2) is 0 Å². The molecule has 150 valence electrons. The van der Waals surface area contributed by atoms with E-state index in [9.17, 15) is 4.79 Å². The third-order valence-corrected chi connectivity index (χ3v) is 6.59.